The summed E-state index contributed by atoms with van der Waals surface area (Å²) in [7, 11) is 0. The molecule has 2 aromatic carbocycles. The number of nitrogens with zero attached hydrogens (tertiary/aromatic N) is 1. The molecule has 0 spiro atoms. The van der Waals surface area contributed by atoms with E-state index < -0.39 is 0 Å². The largest absolute Gasteiger partial charge is 0.483 e. The van der Waals surface area contributed by atoms with Gasteiger partial charge in [0, 0.05) is 23.1 Å². The molecule has 0 amide bonds. The first kappa shape index (κ1) is 15.4. The van der Waals surface area contributed by atoms with Gasteiger partial charge in [0.2, 0.25) is 0 Å². The maximum atomic E-state index is 11.4. The van der Waals surface area contributed by atoms with Crippen molar-refractivity contribution in [2.75, 3.05) is 5.43 Å². The molecular formula is C20H18N2O3. The molecule has 0 fully saturated rings. The van der Waals surface area contributed by atoms with E-state index in [1.165, 1.54) is 6.07 Å². The van der Waals surface area contributed by atoms with Crippen LogP contribution in [-0.2, 0) is 0 Å². The standard InChI is InChI=1S/C20H18N2O3/c1-12(2)20-19(22-21-14-6-4-3-5-7-14)15-10-13-8-9-18(23)24-16(13)11-17(15)25-20/h3-12,20-21H,1-2H3/b22-19+. The van der Waals surface area contributed by atoms with Crippen molar-refractivity contribution in [2.45, 2.75) is 20.0 Å². The molecule has 1 N–H and O–H groups in total. The number of ether oxygens (including phenoxy) is 1. The number of benzene rings is 2. The van der Waals surface area contributed by atoms with Crippen LogP contribution >= 0.6 is 0 Å². The van der Waals surface area contributed by atoms with Crippen LogP contribution in [0, 0.1) is 5.92 Å². The van der Waals surface area contributed by atoms with Gasteiger partial charge in [-0.3, -0.25) is 5.43 Å². The number of hydrogen-bond acceptors (Lipinski definition) is 5. The minimum atomic E-state index is -0.370. The SMILES string of the molecule is CC(C)C1Oc2cc3oc(=O)ccc3cc2/C1=N\Nc1ccccc1. The Bertz CT molecular complexity index is 1010. The van der Waals surface area contributed by atoms with Gasteiger partial charge in [0.25, 0.3) is 0 Å². The molecule has 0 saturated heterocycles. The smallest absolute Gasteiger partial charge is 0.336 e. The molecule has 3 aromatic rings. The van der Waals surface area contributed by atoms with Gasteiger partial charge in [0.15, 0.2) is 0 Å². The normalized spacial score (nSPS) is 17.7. The lowest BCUT2D eigenvalue weighted by atomic mass is 9.98. The number of nitrogens with one attached hydrogen (secondary N) is 1. The Morgan fingerprint density at radius 2 is 1.88 bits per heavy atom. The zero-order valence-electron chi connectivity index (χ0n) is 14.0. The van der Waals surface area contributed by atoms with Crippen molar-refractivity contribution in [3.8, 4) is 5.75 Å². The lowest BCUT2D eigenvalue weighted by Gasteiger charge is -2.15. The lowest BCUT2D eigenvalue weighted by Crippen LogP contribution is -2.28. The van der Waals surface area contributed by atoms with Gasteiger partial charge in [-0.25, -0.2) is 4.79 Å². The Hall–Kier alpha value is -3.08. The molecule has 1 unspecified atom stereocenters. The molecule has 4 rings (SSSR count). The third kappa shape index (κ3) is 2.89. The van der Waals surface area contributed by atoms with Crippen molar-refractivity contribution in [1.82, 2.24) is 0 Å². The van der Waals surface area contributed by atoms with Gasteiger partial charge < -0.3 is 9.15 Å². The van der Waals surface area contributed by atoms with Crippen LogP contribution in [0.4, 0.5) is 5.69 Å². The fraction of sp³-hybridized carbons (Fsp3) is 0.200. The van der Waals surface area contributed by atoms with Crippen LogP contribution < -0.4 is 15.8 Å². The predicted octanol–water partition coefficient (Wildman–Crippen LogP) is 4.03. The number of rotatable bonds is 3. The number of hydrogen-bond donors (Lipinski definition) is 1. The molecule has 1 aromatic heterocycles. The van der Waals surface area contributed by atoms with Gasteiger partial charge >= 0.3 is 5.63 Å². The molecule has 0 saturated carbocycles. The van der Waals surface area contributed by atoms with Crippen molar-refractivity contribution < 1.29 is 9.15 Å². The van der Waals surface area contributed by atoms with Gasteiger partial charge in [-0.05, 0) is 30.2 Å². The summed E-state index contributed by atoms with van der Waals surface area (Å²) >= 11 is 0. The summed E-state index contributed by atoms with van der Waals surface area (Å²) in [5.74, 6) is 0.938. The molecule has 1 atom stereocenters. The summed E-state index contributed by atoms with van der Waals surface area (Å²) in [6.07, 6.45) is -0.158. The zero-order valence-corrected chi connectivity index (χ0v) is 14.0. The minimum Gasteiger partial charge on any atom is -0.483 e. The maximum absolute atomic E-state index is 11.4. The third-order valence-corrected chi connectivity index (χ3v) is 4.21. The van der Waals surface area contributed by atoms with E-state index in [0.29, 0.717) is 11.3 Å². The molecule has 25 heavy (non-hydrogen) atoms. The Balaban J connectivity index is 1.79. The summed E-state index contributed by atoms with van der Waals surface area (Å²) in [6, 6.07) is 16.7. The second-order valence-electron chi connectivity index (χ2n) is 6.40. The highest BCUT2D eigenvalue weighted by molar-refractivity contribution is 6.11. The van der Waals surface area contributed by atoms with Gasteiger partial charge in [-0.2, -0.15) is 5.10 Å². The summed E-state index contributed by atoms with van der Waals surface area (Å²) in [6.45, 7) is 4.18. The molecule has 0 radical (unpaired) electrons. The fourth-order valence-electron chi connectivity index (χ4n) is 2.95. The topological polar surface area (TPSA) is 63.8 Å². The summed E-state index contributed by atoms with van der Waals surface area (Å²) in [5.41, 5.74) is 5.94. The maximum Gasteiger partial charge on any atom is 0.336 e. The lowest BCUT2D eigenvalue weighted by molar-refractivity contribution is 0.229. The average Bonchev–Trinajstić information content (AvgIpc) is 2.96. The molecule has 1 aliphatic rings. The molecule has 0 bridgehead atoms. The van der Waals surface area contributed by atoms with Crippen molar-refractivity contribution in [3.05, 3.63) is 70.6 Å². The van der Waals surface area contributed by atoms with E-state index >= 15 is 0 Å². The molecule has 5 nitrogen and oxygen atoms in total. The van der Waals surface area contributed by atoms with Gasteiger partial charge in [-0.1, -0.05) is 32.0 Å². The highest BCUT2D eigenvalue weighted by atomic mass is 16.5. The van der Waals surface area contributed by atoms with Crippen LogP contribution in [0.1, 0.15) is 19.4 Å². The van der Waals surface area contributed by atoms with E-state index in [0.717, 1.165) is 22.3 Å². The quantitative estimate of drug-likeness (QED) is 0.580. The van der Waals surface area contributed by atoms with E-state index in [1.54, 1.807) is 12.1 Å². The summed E-state index contributed by atoms with van der Waals surface area (Å²) in [4.78, 5) is 11.4. The van der Waals surface area contributed by atoms with Crippen LogP contribution in [0.3, 0.4) is 0 Å². The van der Waals surface area contributed by atoms with Crippen LogP contribution in [0.2, 0.25) is 0 Å². The molecule has 126 valence electrons. The molecule has 2 heterocycles. The molecule has 5 heteroatoms. The fourth-order valence-corrected chi connectivity index (χ4v) is 2.95. The third-order valence-electron chi connectivity index (χ3n) is 4.21. The Labute approximate surface area is 144 Å². The van der Waals surface area contributed by atoms with E-state index in [1.807, 2.05) is 36.4 Å². The Kier molecular flexibility index (Phi) is 3.76. The van der Waals surface area contributed by atoms with E-state index in [2.05, 4.69) is 24.4 Å². The Morgan fingerprint density at radius 1 is 1.08 bits per heavy atom. The molecular weight excluding hydrogens is 316 g/mol. The van der Waals surface area contributed by atoms with Crippen molar-refractivity contribution >= 4 is 22.4 Å². The average molecular weight is 334 g/mol. The predicted molar refractivity (Wildman–Crippen MR) is 98.3 cm³/mol. The second-order valence-corrected chi connectivity index (χ2v) is 6.40. The highest BCUT2D eigenvalue weighted by Gasteiger charge is 2.33. The number of para-hydroxylation sites is 1. The van der Waals surface area contributed by atoms with Crippen molar-refractivity contribution in [2.24, 2.45) is 11.0 Å². The van der Waals surface area contributed by atoms with Crippen LogP contribution in [0.5, 0.6) is 5.75 Å². The van der Waals surface area contributed by atoms with Gasteiger partial charge in [0.05, 0.1) is 5.69 Å². The zero-order chi connectivity index (χ0) is 17.4. The second kappa shape index (κ2) is 6.09. The first-order valence-electron chi connectivity index (χ1n) is 8.25. The molecule has 1 aliphatic heterocycles. The van der Waals surface area contributed by atoms with E-state index in [9.17, 15) is 4.79 Å². The summed E-state index contributed by atoms with van der Waals surface area (Å²) < 4.78 is 11.3. The van der Waals surface area contributed by atoms with E-state index in [-0.39, 0.29) is 17.6 Å². The first-order valence-corrected chi connectivity index (χ1v) is 8.25. The van der Waals surface area contributed by atoms with Gasteiger partial charge in [-0.15, -0.1) is 0 Å². The van der Waals surface area contributed by atoms with Gasteiger partial charge in [0.1, 0.15) is 23.1 Å². The Morgan fingerprint density at radius 3 is 2.64 bits per heavy atom. The minimum absolute atomic E-state index is 0.158. The highest BCUT2D eigenvalue weighted by Crippen LogP contribution is 2.35. The van der Waals surface area contributed by atoms with Crippen molar-refractivity contribution in [3.63, 3.8) is 0 Å². The first-order chi connectivity index (χ1) is 12.1. The van der Waals surface area contributed by atoms with Crippen LogP contribution in [0.15, 0.2) is 68.9 Å². The number of fused-ring (bicyclic) bond motifs is 2. The molecule has 0 aliphatic carbocycles. The van der Waals surface area contributed by atoms with Crippen molar-refractivity contribution in [1.29, 1.82) is 0 Å². The van der Waals surface area contributed by atoms with Crippen LogP contribution in [0.25, 0.3) is 11.0 Å². The summed E-state index contributed by atoms with van der Waals surface area (Å²) in [5, 5.41) is 5.46. The number of anilines is 1. The van der Waals surface area contributed by atoms with Crippen LogP contribution in [-0.4, -0.2) is 11.8 Å². The number of hydrazone groups is 1. The van der Waals surface area contributed by atoms with E-state index in [4.69, 9.17) is 9.15 Å². The monoisotopic (exact) mass is 334 g/mol.